The summed E-state index contributed by atoms with van der Waals surface area (Å²) in [6, 6.07) is -0.0853. The van der Waals surface area contributed by atoms with E-state index in [1.807, 2.05) is 6.20 Å². The molecule has 2 amide bonds. The zero-order chi connectivity index (χ0) is 16.1. The van der Waals surface area contributed by atoms with Crippen molar-refractivity contribution in [1.29, 1.82) is 0 Å². The van der Waals surface area contributed by atoms with E-state index in [4.69, 9.17) is 0 Å². The lowest BCUT2D eigenvalue weighted by Crippen LogP contribution is -2.40. The molecule has 1 aromatic heterocycles. The molecule has 0 bridgehead atoms. The third kappa shape index (κ3) is 4.95. The molecule has 2 rings (SSSR count). The number of aromatic nitrogens is 1. The third-order valence-electron chi connectivity index (χ3n) is 4.07. The van der Waals surface area contributed by atoms with Crippen molar-refractivity contribution in [1.82, 2.24) is 15.2 Å². The van der Waals surface area contributed by atoms with Crippen LogP contribution in [0.3, 0.4) is 0 Å². The van der Waals surface area contributed by atoms with E-state index in [1.165, 1.54) is 0 Å². The Hall–Kier alpha value is -1.14. The molecule has 0 spiro atoms. The summed E-state index contributed by atoms with van der Waals surface area (Å²) in [5, 5.41) is 13.9. The first-order valence-electron chi connectivity index (χ1n) is 8.06. The minimum Gasteiger partial charge on any atom is -0.393 e. The van der Waals surface area contributed by atoms with Gasteiger partial charge in [0.05, 0.1) is 17.7 Å². The fraction of sp³-hybridized carbons (Fsp3) is 0.750. The number of carbonyl (C=O) groups excluding carboxylic acids is 1. The molecule has 2 atom stereocenters. The molecule has 6 heteroatoms. The maximum atomic E-state index is 12.1. The van der Waals surface area contributed by atoms with Gasteiger partial charge < -0.3 is 15.3 Å². The second kappa shape index (κ2) is 7.92. The molecule has 22 heavy (non-hydrogen) atoms. The summed E-state index contributed by atoms with van der Waals surface area (Å²) in [5.41, 5.74) is 0. The van der Waals surface area contributed by atoms with E-state index in [9.17, 15) is 9.90 Å². The number of carbonyl (C=O) groups is 1. The Bertz CT molecular complexity index is 489. The standard InChI is InChI=1S/C16H27N3O2S/c1-11(2)7-15-17-8-13(22-15)9-18-16(21)19(3)10-12-5-4-6-14(12)20/h8,11-12,14,20H,4-7,9-10H2,1-3H3,(H,18,21). The van der Waals surface area contributed by atoms with Crippen molar-refractivity contribution in [3.8, 4) is 0 Å². The molecule has 2 unspecified atom stereocenters. The number of rotatable bonds is 6. The summed E-state index contributed by atoms with van der Waals surface area (Å²) in [4.78, 5) is 19.3. The van der Waals surface area contributed by atoms with Crippen LogP contribution in [0.15, 0.2) is 6.20 Å². The first-order chi connectivity index (χ1) is 10.5. The number of urea groups is 1. The second-order valence-electron chi connectivity index (χ2n) is 6.62. The number of nitrogens with zero attached hydrogens (tertiary/aromatic N) is 2. The average Bonchev–Trinajstić information content (AvgIpc) is 3.05. The normalized spacial score (nSPS) is 21.3. The number of aliphatic hydroxyl groups is 1. The zero-order valence-corrected chi connectivity index (χ0v) is 14.5. The fourth-order valence-electron chi connectivity index (χ4n) is 2.84. The molecular weight excluding hydrogens is 298 g/mol. The highest BCUT2D eigenvalue weighted by atomic mass is 32.1. The predicted octanol–water partition coefficient (Wildman–Crippen LogP) is 2.64. The molecule has 1 aliphatic carbocycles. The number of aliphatic hydroxyl groups excluding tert-OH is 1. The van der Waals surface area contributed by atoms with Crippen LogP contribution in [0.4, 0.5) is 4.79 Å². The van der Waals surface area contributed by atoms with Gasteiger partial charge in [0.15, 0.2) is 0 Å². The predicted molar refractivity (Wildman–Crippen MR) is 88.9 cm³/mol. The van der Waals surface area contributed by atoms with Crippen molar-refractivity contribution >= 4 is 17.4 Å². The van der Waals surface area contributed by atoms with Crippen LogP contribution in [0.5, 0.6) is 0 Å². The van der Waals surface area contributed by atoms with E-state index in [1.54, 1.807) is 23.3 Å². The van der Waals surface area contributed by atoms with Gasteiger partial charge in [-0.15, -0.1) is 11.3 Å². The highest BCUT2D eigenvalue weighted by molar-refractivity contribution is 7.11. The summed E-state index contributed by atoms with van der Waals surface area (Å²) in [5.74, 6) is 0.814. The van der Waals surface area contributed by atoms with Gasteiger partial charge in [-0.3, -0.25) is 0 Å². The molecular formula is C16H27N3O2S. The van der Waals surface area contributed by atoms with Crippen LogP contribution in [-0.4, -0.2) is 40.7 Å². The molecule has 2 N–H and O–H groups in total. The van der Waals surface area contributed by atoms with Crippen LogP contribution < -0.4 is 5.32 Å². The van der Waals surface area contributed by atoms with E-state index >= 15 is 0 Å². The SMILES string of the molecule is CC(C)Cc1ncc(CNC(=O)N(C)CC2CCCC2O)s1. The second-order valence-corrected chi connectivity index (χ2v) is 7.82. The van der Waals surface area contributed by atoms with E-state index in [-0.39, 0.29) is 18.1 Å². The monoisotopic (exact) mass is 325 g/mol. The molecule has 0 aromatic carbocycles. The summed E-state index contributed by atoms with van der Waals surface area (Å²) in [7, 11) is 1.79. The maximum Gasteiger partial charge on any atom is 0.317 e. The molecule has 124 valence electrons. The van der Waals surface area contributed by atoms with Crippen molar-refractivity contribution in [3.63, 3.8) is 0 Å². The van der Waals surface area contributed by atoms with Crippen molar-refractivity contribution in [2.24, 2.45) is 11.8 Å². The van der Waals surface area contributed by atoms with Crippen LogP contribution in [0.25, 0.3) is 0 Å². The highest BCUT2D eigenvalue weighted by Gasteiger charge is 2.27. The van der Waals surface area contributed by atoms with E-state index in [0.717, 1.165) is 35.6 Å². The Morgan fingerprint density at radius 2 is 2.32 bits per heavy atom. The smallest absolute Gasteiger partial charge is 0.317 e. The lowest BCUT2D eigenvalue weighted by Gasteiger charge is -2.23. The van der Waals surface area contributed by atoms with Crippen LogP contribution in [0, 0.1) is 11.8 Å². The summed E-state index contributed by atoms with van der Waals surface area (Å²) < 4.78 is 0. The molecule has 1 fully saturated rings. The van der Waals surface area contributed by atoms with Crippen molar-refractivity contribution in [2.45, 2.75) is 52.2 Å². The molecule has 0 aliphatic heterocycles. The maximum absolute atomic E-state index is 12.1. The molecule has 1 aromatic rings. The summed E-state index contributed by atoms with van der Waals surface area (Å²) in [6.45, 7) is 5.49. The largest absolute Gasteiger partial charge is 0.393 e. The Morgan fingerprint density at radius 1 is 1.55 bits per heavy atom. The molecule has 0 saturated heterocycles. The quantitative estimate of drug-likeness (QED) is 0.845. The van der Waals surface area contributed by atoms with Gasteiger partial charge in [0.25, 0.3) is 0 Å². The number of nitrogens with one attached hydrogen (secondary N) is 1. The van der Waals surface area contributed by atoms with Gasteiger partial charge in [0.1, 0.15) is 0 Å². The average molecular weight is 325 g/mol. The van der Waals surface area contributed by atoms with Gasteiger partial charge in [-0.2, -0.15) is 0 Å². The lowest BCUT2D eigenvalue weighted by molar-refractivity contribution is 0.114. The van der Waals surface area contributed by atoms with Crippen LogP contribution in [0.1, 0.15) is 43.0 Å². The Labute approximate surface area is 136 Å². The molecule has 1 aliphatic rings. The molecule has 1 heterocycles. The summed E-state index contributed by atoms with van der Waals surface area (Å²) in [6.07, 6.45) is 5.50. The number of hydrogen-bond acceptors (Lipinski definition) is 4. The minimum atomic E-state index is -0.254. The van der Waals surface area contributed by atoms with Gasteiger partial charge in [-0.25, -0.2) is 9.78 Å². The van der Waals surface area contributed by atoms with Gasteiger partial charge in [0, 0.05) is 37.0 Å². The van der Waals surface area contributed by atoms with Gasteiger partial charge in [-0.1, -0.05) is 20.3 Å². The third-order valence-corrected chi connectivity index (χ3v) is 5.09. The van der Waals surface area contributed by atoms with Gasteiger partial charge in [0.2, 0.25) is 0 Å². The van der Waals surface area contributed by atoms with E-state index in [0.29, 0.717) is 19.0 Å². The Kier molecular flexibility index (Phi) is 6.20. The lowest BCUT2D eigenvalue weighted by atomic mass is 10.1. The zero-order valence-electron chi connectivity index (χ0n) is 13.7. The number of thiazole rings is 1. The fourth-order valence-corrected chi connectivity index (χ4v) is 3.91. The van der Waals surface area contributed by atoms with Gasteiger partial charge >= 0.3 is 6.03 Å². The molecule has 0 radical (unpaired) electrons. The first kappa shape index (κ1) is 17.2. The van der Waals surface area contributed by atoms with E-state index < -0.39 is 0 Å². The van der Waals surface area contributed by atoms with Crippen LogP contribution in [-0.2, 0) is 13.0 Å². The molecule has 1 saturated carbocycles. The topological polar surface area (TPSA) is 65.5 Å². The van der Waals surface area contributed by atoms with E-state index in [2.05, 4.69) is 24.1 Å². The number of hydrogen-bond donors (Lipinski definition) is 2. The van der Waals surface area contributed by atoms with Crippen molar-refractivity contribution < 1.29 is 9.90 Å². The number of amides is 2. The highest BCUT2D eigenvalue weighted by Crippen LogP contribution is 2.26. The van der Waals surface area contributed by atoms with Crippen LogP contribution >= 0.6 is 11.3 Å². The Balaban J connectivity index is 1.75. The minimum absolute atomic E-state index is 0.0853. The Morgan fingerprint density at radius 3 is 2.95 bits per heavy atom. The van der Waals surface area contributed by atoms with Crippen molar-refractivity contribution in [2.75, 3.05) is 13.6 Å². The first-order valence-corrected chi connectivity index (χ1v) is 8.88. The van der Waals surface area contributed by atoms with Gasteiger partial charge in [-0.05, 0) is 18.8 Å². The summed E-state index contributed by atoms with van der Waals surface area (Å²) >= 11 is 1.66. The molecule has 5 nitrogen and oxygen atoms in total. The van der Waals surface area contributed by atoms with Crippen LogP contribution in [0.2, 0.25) is 0 Å². The van der Waals surface area contributed by atoms with Crippen molar-refractivity contribution in [3.05, 3.63) is 16.1 Å².